The SMILES string of the molecule is Nc1ccc(C2=CC(C(=O)O)C(C(=O)O)(c3ccc(N)cc3)C=C2)cc1. The van der Waals surface area contributed by atoms with Crippen molar-refractivity contribution in [3.63, 3.8) is 0 Å². The van der Waals surface area contributed by atoms with Crippen molar-refractivity contribution in [1.82, 2.24) is 0 Å². The normalized spacial score (nSPS) is 21.8. The van der Waals surface area contributed by atoms with Gasteiger partial charge in [-0.2, -0.15) is 0 Å². The van der Waals surface area contributed by atoms with Crippen LogP contribution in [-0.4, -0.2) is 22.2 Å². The predicted octanol–water partition coefficient (Wildman–Crippen LogP) is 2.53. The number of carbonyl (C=O) groups is 2. The van der Waals surface area contributed by atoms with Crippen LogP contribution in [0, 0.1) is 5.92 Å². The Morgan fingerprint density at radius 2 is 1.42 bits per heavy atom. The van der Waals surface area contributed by atoms with Crippen LogP contribution >= 0.6 is 0 Å². The zero-order valence-electron chi connectivity index (χ0n) is 13.8. The maximum Gasteiger partial charge on any atom is 0.319 e. The lowest BCUT2D eigenvalue weighted by Gasteiger charge is -2.34. The van der Waals surface area contributed by atoms with Gasteiger partial charge < -0.3 is 21.7 Å². The highest BCUT2D eigenvalue weighted by Gasteiger charge is 2.49. The van der Waals surface area contributed by atoms with Crippen LogP contribution in [0.5, 0.6) is 0 Å². The number of allylic oxidation sites excluding steroid dienone is 2. The Balaban J connectivity index is 2.14. The Morgan fingerprint density at radius 1 is 0.885 bits per heavy atom. The van der Waals surface area contributed by atoms with Crippen LogP contribution in [0.2, 0.25) is 0 Å². The van der Waals surface area contributed by atoms with E-state index < -0.39 is 23.3 Å². The fourth-order valence-corrected chi connectivity index (χ4v) is 3.19. The van der Waals surface area contributed by atoms with Crippen molar-refractivity contribution in [2.45, 2.75) is 5.41 Å². The van der Waals surface area contributed by atoms with E-state index in [9.17, 15) is 19.8 Å². The van der Waals surface area contributed by atoms with Gasteiger partial charge in [0.15, 0.2) is 0 Å². The van der Waals surface area contributed by atoms with Crippen LogP contribution in [0.4, 0.5) is 11.4 Å². The molecule has 0 saturated carbocycles. The van der Waals surface area contributed by atoms with E-state index in [4.69, 9.17) is 11.5 Å². The lowest BCUT2D eigenvalue weighted by Crippen LogP contribution is -2.45. The van der Waals surface area contributed by atoms with E-state index in [0.717, 1.165) is 5.56 Å². The molecule has 26 heavy (non-hydrogen) atoms. The fraction of sp³-hybridized carbons (Fsp3) is 0.100. The quantitative estimate of drug-likeness (QED) is 0.628. The van der Waals surface area contributed by atoms with Crippen LogP contribution in [-0.2, 0) is 15.0 Å². The lowest BCUT2D eigenvalue weighted by molar-refractivity contribution is -0.152. The Bertz CT molecular complexity index is 914. The van der Waals surface area contributed by atoms with E-state index >= 15 is 0 Å². The van der Waals surface area contributed by atoms with Crippen molar-refractivity contribution in [3.8, 4) is 0 Å². The molecule has 132 valence electrons. The predicted molar refractivity (Wildman–Crippen MR) is 99.3 cm³/mol. The average molecular weight is 350 g/mol. The van der Waals surface area contributed by atoms with Gasteiger partial charge in [0.2, 0.25) is 0 Å². The molecule has 2 atom stereocenters. The molecule has 2 unspecified atom stereocenters. The fourth-order valence-electron chi connectivity index (χ4n) is 3.19. The van der Waals surface area contributed by atoms with Crippen molar-refractivity contribution in [2.75, 3.05) is 11.5 Å². The Hall–Kier alpha value is -3.54. The van der Waals surface area contributed by atoms with Gasteiger partial charge in [0, 0.05) is 11.4 Å². The number of nitrogen functional groups attached to an aromatic ring is 2. The summed E-state index contributed by atoms with van der Waals surface area (Å²) in [6.45, 7) is 0. The number of anilines is 2. The topological polar surface area (TPSA) is 127 Å². The third-order valence-electron chi connectivity index (χ3n) is 4.61. The molecule has 1 aliphatic carbocycles. The minimum absolute atomic E-state index is 0.357. The van der Waals surface area contributed by atoms with Gasteiger partial charge in [-0.15, -0.1) is 0 Å². The smallest absolute Gasteiger partial charge is 0.319 e. The zero-order valence-corrected chi connectivity index (χ0v) is 13.8. The second-order valence-electron chi connectivity index (χ2n) is 6.19. The van der Waals surface area contributed by atoms with Crippen LogP contribution in [0.15, 0.2) is 66.8 Å². The molecule has 0 radical (unpaired) electrons. The van der Waals surface area contributed by atoms with Gasteiger partial charge in [-0.1, -0.05) is 42.5 Å². The molecule has 0 spiro atoms. The molecule has 0 bridgehead atoms. The van der Waals surface area contributed by atoms with Crippen LogP contribution in [0.3, 0.4) is 0 Å². The standard InChI is InChI=1S/C20H18N2O4/c21-15-5-1-12(2-6-15)13-9-10-20(19(25)26,17(11-13)18(23)24)14-3-7-16(22)8-4-14/h1-11,17H,21-22H2,(H,23,24)(H,25,26). The summed E-state index contributed by atoms with van der Waals surface area (Å²) in [4.78, 5) is 24.1. The third kappa shape index (κ3) is 2.82. The van der Waals surface area contributed by atoms with Gasteiger partial charge in [-0.3, -0.25) is 9.59 Å². The first-order valence-electron chi connectivity index (χ1n) is 7.94. The number of nitrogens with two attached hydrogens (primary N) is 2. The number of hydrogen-bond donors (Lipinski definition) is 4. The summed E-state index contributed by atoms with van der Waals surface area (Å²) in [6.07, 6.45) is 4.54. The molecular weight excluding hydrogens is 332 g/mol. The molecule has 0 heterocycles. The second-order valence-corrected chi connectivity index (χ2v) is 6.19. The van der Waals surface area contributed by atoms with Crippen molar-refractivity contribution in [1.29, 1.82) is 0 Å². The number of carboxylic acid groups (broad SMARTS) is 2. The molecule has 0 fully saturated rings. The summed E-state index contributed by atoms with van der Waals surface area (Å²) in [7, 11) is 0. The van der Waals surface area contributed by atoms with Gasteiger partial charge in [0.25, 0.3) is 0 Å². The van der Waals surface area contributed by atoms with E-state index in [1.54, 1.807) is 54.6 Å². The van der Waals surface area contributed by atoms with E-state index in [1.807, 2.05) is 0 Å². The summed E-state index contributed by atoms with van der Waals surface area (Å²) in [6, 6.07) is 13.2. The minimum Gasteiger partial charge on any atom is -0.481 e. The minimum atomic E-state index is -1.71. The average Bonchev–Trinajstić information content (AvgIpc) is 2.62. The molecule has 6 heteroatoms. The van der Waals surface area contributed by atoms with Gasteiger partial charge >= 0.3 is 11.9 Å². The summed E-state index contributed by atoms with van der Waals surface area (Å²) >= 11 is 0. The Kier molecular flexibility index (Phi) is 4.26. The second kappa shape index (κ2) is 6.40. The molecular formula is C20H18N2O4. The van der Waals surface area contributed by atoms with Crippen LogP contribution in [0.1, 0.15) is 11.1 Å². The largest absolute Gasteiger partial charge is 0.481 e. The first-order valence-corrected chi connectivity index (χ1v) is 7.94. The number of benzene rings is 2. The lowest BCUT2D eigenvalue weighted by atomic mass is 9.66. The van der Waals surface area contributed by atoms with E-state index in [0.29, 0.717) is 22.5 Å². The number of aliphatic carboxylic acids is 2. The highest BCUT2D eigenvalue weighted by Crippen LogP contribution is 2.41. The van der Waals surface area contributed by atoms with Crippen molar-refractivity contribution in [2.24, 2.45) is 5.92 Å². The molecule has 0 aromatic heterocycles. The molecule has 2 aromatic rings. The highest BCUT2D eigenvalue weighted by molar-refractivity contribution is 5.96. The first kappa shape index (κ1) is 17.3. The molecule has 3 rings (SSSR count). The monoisotopic (exact) mass is 350 g/mol. The summed E-state index contributed by atoms with van der Waals surface area (Å²) in [5.41, 5.74) is 12.5. The third-order valence-corrected chi connectivity index (χ3v) is 4.61. The van der Waals surface area contributed by atoms with E-state index in [-0.39, 0.29) is 0 Å². The van der Waals surface area contributed by atoms with Gasteiger partial charge in [0.05, 0.1) is 5.92 Å². The number of carboxylic acids is 2. The van der Waals surface area contributed by atoms with E-state index in [1.165, 1.54) is 12.2 Å². The Labute approximate surface area is 150 Å². The Morgan fingerprint density at radius 3 is 1.92 bits per heavy atom. The molecule has 2 aromatic carbocycles. The summed E-state index contributed by atoms with van der Waals surface area (Å²) in [5.74, 6) is -3.73. The van der Waals surface area contributed by atoms with Crippen molar-refractivity contribution >= 4 is 28.9 Å². The highest BCUT2D eigenvalue weighted by atomic mass is 16.4. The van der Waals surface area contributed by atoms with Gasteiger partial charge in [-0.25, -0.2) is 0 Å². The number of rotatable bonds is 4. The van der Waals surface area contributed by atoms with Gasteiger partial charge in [0.1, 0.15) is 5.41 Å². The van der Waals surface area contributed by atoms with Crippen LogP contribution < -0.4 is 11.5 Å². The maximum absolute atomic E-state index is 12.2. The van der Waals surface area contributed by atoms with Crippen molar-refractivity contribution < 1.29 is 19.8 Å². The molecule has 1 aliphatic rings. The molecule has 0 saturated heterocycles. The van der Waals surface area contributed by atoms with Gasteiger partial charge in [-0.05, 0) is 41.0 Å². The van der Waals surface area contributed by atoms with Crippen LogP contribution in [0.25, 0.3) is 5.57 Å². The molecule has 6 nitrogen and oxygen atoms in total. The molecule has 0 aliphatic heterocycles. The summed E-state index contributed by atoms with van der Waals surface area (Å²) in [5, 5.41) is 19.7. The molecule has 0 amide bonds. The van der Waals surface area contributed by atoms with E-state index in [2.05, 4.69) is 0 Å². The first-order chi connectivity index (χ1) is 12.3. The zero-order chi connectivity index (χ0) is 18.9. The summed E-state index contributed by atoms with van der Waals surface area (Å²) < 4.78 is 0. The molecule has 6 N–H and O–H groups in total. The van der Waals surface area contributed by atoms with Crippen molar-refractivity contribution in [3.05, 3.63) is 77.9 Å². The maximum atomic E-state index is 12.2. The number of hydrogen-bond acceptors (Lipinski definition) is 4.